The summed E-state index contributed by atoms with van der Waals surface area (Å²) in [5.41, 5.74) is 8.36. The van der Waals surface area contributed by atoms with E-state index in [0.29, 0.717) is 23.1 Å². The number of halogens is 1. The SMILES string of the molecule is Cc1ccc(NC(=O)CCN2C(=S)N[C@@H](c3ccccn3)[C@@H]2c2cc(C)n(-c3cc(Cl)ccc3C)c2C)cc1. The number of pyridine rings is 1. The van der Waals surface area contributed by atoms with Gasteiger partial charge in [-0.05, 0) is 93.5 Å². The van der Waals surface area contributed by atoms with Crippen LogP contribution in [0.5, 0.6) is 0 Å². The maximum absolute atomic E-state index is 12.9. The molecule has 5 rings (SSSR count). The quantitative estimate of drug-likeness (QED) is 0.246. The van der Waals surface area contributed by atoms with E-state index in [1.807, 2.05) is 67.6 Å². The third-order valence-electron chi connectivity index (χ3n) is 7.31. The van der Waals surface area contributed by atoms with Gasteiger partial charge in [0.2, 0.25) is 5.91 Å². The van der Waals surface area contributed by atoms with Crippen LogP contribution >= 0.6 is 23.8 Å². The first-order valence-electron chi connectivity index (χ1n) is 13.0. The Labute approximate surface area is 240 Å². The molecule has 2 N–H and O–H groups in total. The number of carbonyl (C=O) groups excluding carboxylic acids is 1. The number of hydrogen-bond donors (Lipinski definition) is 2. The van der Waals surface area contributed by atoms with Crippen molar-refractivity contribution in [3.05, 3.63) is 112 Å². The number of benzene rings is 2. The highest BCUT2D eigenvalue weighted by atomic mass is 35.5. The molecular formula is C31H32ClN5OS. The van der Waals surface area contributed by atoms with Gasteiger partial charge in [0.05, 0.1) is 17.8 Å². The first kappa shape index (κ1) is 26.9. The molecule has 1 aliphatic rings. The van der Waals surface area contributed by atoms with Crippen molar-refractivity contribution in [2.24, 2.45) is 0 Å². The number of amides is 1. The van der Waals surface area contributed by atoms with E-state index >= 15 is 0 Å². The topological polar surface area (TPSA) is 62.2 Å². The highest BCUT2D eigenvalue weighted by Crippen LogP contribution is 2.41. The van der Waals surface area contributed by atoms with Crippen molar-refractivity contribution in [3.8, 4) is 5.69 Å². The van der Waals surface area contributed by atoms with Crippen molar-refractivity contribution >= 4 is 40.5 Å². The second kappa shape index (κ2) is 11.2. The fourth-order valence-corrected chi connectivity index (χ4v) is 5.85. The lowest BCUT2D eigenvalue weighted by atomic mass is 9.96. The number of nitrogens with one attached hydrogen (secondary N) is 2. The molecule has 200 valence electrons. The molecule has 0 saturated carbocycles. The number of thiocarbonyl (C=S) groups is 1. The Morgan fingerprint density at radius 3 is 2.54 bits per heavy atom. The van der Waals surface area contributed by atoms with E-state index < -0.39 is 0 Å². The van der Waals surface area contributed by atoms with Crippen LogP contribution in [-0.2, 0) is 4.79 Å². The lowest BCUT2D eigenvalue weighted by Crippen LogP contribution is -2.32. The summed E-state index contributed by atoms with van der Waals surface area (Å²) < 4.78 is 2.25. The summed E-state index contributed by atoms with van der Waals surface area (Å²) in [6, 6.07) is 21.6. The van der Waals surface area contributed by atoms with Crippen LogP contribution in [0.15, 0.2) is 72.9 Å². The summed E-state index contributed by atoms with van der Waals surface area (Å²) in [6.45, 7) is 8.81. The average Bonchev–Trinajstić information content (AvgIpc) is 3.40. The van der Waals surface area contributed by atoms with Gasteiger partial charge in [0, 0.05) is 46.9 Å². The lowest BCUT2D eigenvalue weighted by molar-refractivity contribution is -0.116. The zero-order valence-electron chi connectivity index (χ0n) is 22.5. The van der Waals surface area contributed by atoms with Crippen molar-refractivity contribution in [2.45, 2.75) is 46.2 Å². The van der Waals surface area contributed by atoms with E-state index in [-0.39, 0.29) is 18.0 Å². The van der Waals surface area contributed by atoms with Crippen molar-refractivity contribution < 1.29 is 4.79 Å². The van der Waals surface area contributed by atoms with Gasteiger partial charge in [0.15, 0.2) is 5.11 Å². The van der Waals surface area contributed by atoms with Gasteiger partial charge in [0.25, 0.3) is 0 Å². The van der Waals surface area contributed by atoms with Crippen LogP contribution < -0.4 is 10.6 Å². The molecular weight excluding hydrogens is 526 g/mol. The summed E-state index contributed by atoms with van der Waals surface area (Å²) in [6.07, 6.45) is 2.10. The van der Waals surface area contributed by atoms with Crippen LogP contribution in [0.1, 0.15) is 52.3 Å². The Hall–Kier alpha value is -3.68. The molecule has 2 aromatic heterocycles. The molecule has 4 aromatic rings. The highest BCUT2D eigenvalue weighted by Gasteiger charge is 2.41. The number of rotatable bonds is 7. The minimum atomic E-state index is -0.159. The Bertz CT molecular complexity index is 1520. The minimum absolute atomic E-state index is 0.0540. The van der Waals surface area contributed by atoms with Gasteiger partial charge in [-0.2, -0.15) is 0 Å². The minimum Gasteiger partial charge on any atom is -0.352 e. The van der Waals surface area contributed by atoms with E-state index in [9.17, 15) is 4.79 Å². The maximum atomic E-state index is 12.9. The molecule has 1 amide bonds. The third-order valence-corrected chi connectivity index (χ3v) is 7.90. The van der Waals surface area contributed by atoms with Crippen molar-refractivity contribution in [1.29, 1.82) is 0 Å². The maximum Gasteiger partial charge on any atom is 0.226 e. The van der Waals surface area contributed by atoms with Crippen LogP contribution in [0.25, 0.3) is 5.69 Å². The van der Waals surface area contributed by atoms with Crippen molar-refractivity contribution in [2.75, 3.05) is 11.9 Å². The lowest BCUT2D eigenvalue weighted by Gasteiger charge is -2.28. The molecule has 39 heavy (non-hydrogen) atoms. The van der Waals surface area contributed by atoms with E-state index in [0.717, 1.165) is 45.1 Å². The van der Waals surface area contributed by atoms with Gasteiger partial charge < -0.3 is 20.1 Å². The number of aromatic nitrogens is 2. The second-order valence-electron chi connectivity index (χ2n) is 10.1. The number of aryl methyl sites for hydroxylation is 3. The first-order valence-corrected chi connectivity index (χ1v) is 13.8. The standard InChI is InChI=1S/C31H32ClN5OS/c1-19-8-12-24(13-9-19)34-28(38)14-16-36-30(29(35-31(36)39)26-7-5-6-15-33-26)25-17-21(3)37(22(25)4)27-18-23(32)11-10-20(27)2/h5-13,15,17-18,29-30H,14,16H2,1-4H3,(H,34,38)(H,35,39)/t29-,30-/m0/s1. The van der Waals surface area contributed by atoms with Crippen LogP contribution in [0.4, 0.5) is 5.69 Å². The smallest absolute Gasteiger partial charge is 0.226 e. The molecule has 1 fully saturated rings. The summed E-state index contributed by atoms with van der Waals surface area (Å²) >= 11 is 12.2. The fourth-order valence-electron chi connectivity index (χ4n) is 5.35. The molecule has 8 heteroatoms. The van der Waals surface area contributed by atoms with Gasteiger partial charge >= 0.3 is 0 Å². The van der Waals surface area contributed by atoms with Crippen LogP contribution in [0, 0.1) is 27.7 Å². The predicted octanol–water partition coefficient (Wildman–Crippen LogP) is 6.76. The number of anilines is 1. The van der Waals surface area contributed by atoms with Gasteiger partial charge in [-0.15, -0.1) is 0 Å². The molecule has 3 heterocycles. The molecule has 6 nitrogen and oxygen atoms in total. The second-order valence-corrected chi connectivity index (χ2v) is 10.9. The third kappa shape index (κ3) is 5.56. The first-order chi connectivity index (χ1) is 18.7. The molecule has 2 atom stereocenters. The van der Waals surface area contributed by atoms with Crippen molar-refractivity contribution in [3.63, 3.8) is 0 Å². The van der Waals surface area contributed by atoms with Crippen LogP contribution in [0.2, 0.25) is 5.02 Å². The molecule has 0 spiro atoms. The number of nitrogens with zero attached hydrogens (tertiary/aromatic N) is 3. The molecule has 0 aliphatic carbocycles. The Balaban J connectivity index is 1.48. The molecule has 1 saturated heterocycles. The van der Waals surface area contributed by atoms with E-state index in [4.69, 9.17) is 23.8 Å². The molecule has 0 bridgehead atoms. The Morgan fingerprint density at radius 1 is 1.05 bits per heavy atom. The Morgan fingerprint density at radius 2 is 1.82 bits per heavy atom. The molecule has 0 radical (unpaired) electrons. The van der Waals surface area contributed by atoms with Crippen molar-refractivity contribution in [1.82, 2.24) is 19.8 Å². The van der Waals surface area contributed by atoms with Crippen LogP contribution in [0.3, 0.4) is 0 Å². The monoisotopic (exact) mass is 557 g/mol. The average molecular weight is 558 g/mol. The molecule has 0 unspecified atom stereocenters. The van der Waals surface area contributed by atoms with Crippen LogP contribution in [-0.4, -0.2) is 32.0 Å². The molecule has 2 aromatic carbocycles. The summed E-state index contributed by atoms with van der Waals surface area (Å²) in [5.74, 6) is -0.0540. The van der Waals surface area contributed by atoms with Gasteiger partial charge in [-0.25, -0.2) is 0 Å². The summed E-state index contributed by atoms with van der Waals surface area (Å²) in [7, 11) is 0. The molecule has 1 aliphatic heterocycles. The predicted molar refractivity (Wildman–Crippen MR) is 162 cm³/mol. The van der Waals surface area contributed by atoms with Gasteiger partial charge in [-0.1, -0.05) is 41.4 Å². The zero-order chi connectivity index (χ0) is 27.7. The van der Waals surface area contributed by atoms with E-state index in [1.165, 1.54) is 0 Å². The zero-order valence-corrected chi connectivity index (χ0v) is 24.1. The number of carbonyl (C=O) groups is 1. The fraction of sp³-hybridized carbons (Fsp3) is 0.258. The summed E-state index contributed by atoms with van der Waals surface area (Å²) in [5, 5.41) is 7.81. The number of hydrogen-bond acceptors (Lipinski definition) is 3. The van der Waals surface area contributed by atoms with Gasteiger partial charge in [0.1, 0.15) is 0 Å². The normalized spacial score (nSPS) is 16.8. The van der Waals surface area contributed by atoms with E-state index in [1.54, 1.807) is 6.20 Å². The summed E-state index contributed by atoms with van der Waals surface area (Å²) in [4.78, 5) is 19.7. The highest BCUT2D eigenvalue weighted by molar-refractivity contribution is 7.80. The van der Waals surface area contributed by atoms with E-state index in [2.05, 4.69) is 51.9 Å². The largest absolute Gasteiger partial charge is 0.352 e. The Kier molecular flexibility index (Phi) is 7.73. The van der Waals surface area contributed by atoms with Gasteiger partial charge in [-0.3, -0.25) is 9.78 Å².